The second kappa shape index (κ2) is 7.05. The van der Waals surface area contributed by atoms with Crippen LogP contribution in [-0.2, 0) is 33.0 Å². The number of cyclic esters (lactones) is 1. The zero-order valence-electron chi connectivity index (χ0n) is 19.4. The summed E-state index contributed by atoms with van der Waals surface area (Å²) in [4.78, 5) is 33.4. The Labute approximate surface area is 201 Å². The van der Waals surface area contributed by atoms with Gasteiger partial charge in [0, 0.05) is 35.3 Å². The summed E-state index contributed by atoms with van der Waals surface area (Å²) >= 11 is 0. The van der Waals surface area contributed by atoms with Gasteiger partial charge in [0.1, 0.15) is 6.61 Å². The number of carbonyl (C=O) groups is 1. The third kappa shape index (κ3) is 2.79. The normalized spacial score (nSPS) is 26.5. The molecule has 2 aromatic heterocycles. The van der Waals surface area contributed by atoms with Crippen molar-refractivity contribution in [3.05, 3.63) is 51.3 Å². The SMILES string of the molecule is CC[C@@]1(O)C(=O)OCc2c1cc1n(c2=O)Cc2c-1nc1ccc(N)cc1c2N1C[C@H]2CC[C@@H](C1)O2. The molecule has 0 saturated carbocycles. The van der Waals surface area contributed by atoms with Crippen molar-refractivity contribution in [1.82, 2.24) is 9.55 Å². The molecule has 1 aromatic carbocycles. The van der Waals surface area contributed by atoms with Crippen molar-refractivity contribution in [3.8, 4) is 11.4 Å². The highest BCUT2D eigenvalue weighted by molar-refractivity contribution is 5.99. The van der Waals surface area contributed by atoms with Gasteiger partial charge >= 0.3 is 5.97 Å². The molecule has 2 bridgehead atoms. The molecule has 7 rings (SSSR count). The smallest absolute Gasteiger partial charge is 0.343 e. The molecule has 35 heavy (non-hydrogen) atoms. The van der Waals surface area contributed by atoms with Crippen LogP contribution in [0.5, 0.6) is 0 Å². The van der Waals surface area contributed by atoms with E-state index >= 15 is 0 Å². The maximum Gasteiger partial charge on any atom is 0.343 e. The van der Waals surface area contributed by atoms with Crippen molar-refractivity contribution in [1.29, 1.82) is 0 Å². The Morgan fingerprint density at radius 3 is 2.69 bits per heavy atom. The number of rotatable bonds is 2. The van der Waals surface area contributed by atoms with E-state index in [1.807, 2.05) is 18.2 Å². The first kappa shape index (κ1) is 20.9. The molecule has 0 radical (unpaired) electrons. The van der Waals surface area contributed by atoms with Crippen LogP contribution in [0.2, 0.25) is 0 Å². The molecule has 4 aliphatic heterocycles. The number of nitrogens with zero attached hydrogens (tertiary/aromatic N) is 3. The lowest BCUT2D eigenvalue weighted by Crippen LogP contribution is -2.44. The summed E-state index contributed by atoms with van der Waals surface area (Å²) < 4.78 is 13.0. The number of hydrogen-bond acceptors (Lipinski definition) is 8. The van der Waals surface area contributed by atoms with Crippen LogP contribution in [0.15, 0.2) is 29.1 Å². The molecular formula is C26H26N4O5. The number of nitrogen functional groups attached to an aromatic ring is 1. The van der Waals surface area contributed by atoms with Gasteiger partial charge in [0.05, 0.1) is 46.9 Å². The number of pyridine rings is 2. The Hall–Kier alpha value is -3.43. The first-order chi connectivity index (χ1) is 16.9. The second-order valence-electron chi connectivity index (χ2n) is 10.0. The van der Waals surface area contributed by atoms with Crippen molar-refractivity contribution in [3.63, 3.8) is 0 Å². The number of aromatic nitrogens is 2. The summed E-state index contributed by atoms with van der Waals surface area (Å²) in [7, 11) is 0. The first-order valence-electron chi connectivity index (χ1n) is 12.2. The Bertz CT molecular complexity index is 1490. The molecule has 2 fully saturated rings. The highest BCUT2D eigenvalue weighted by atomic mass is 16.6. The summed E-state index contributed by atoms with van der Waals surface area (Å²) in [6, 6.07) is 7.45. The zero-order chi connectivity index (χ0) is 24.1. The van der Waals surface area contributed by atoms with Crippen molar-refractivity contribution in [2.75, 3.05) is 23.7 Å². The standard InChI is InChI=1S/C26H26N4O5/c1-2-26(33)19-8-21-22-17(11-30(21)24(31)18(19)12-34-25(26)32)23(16-7-13(27)3-6-20(16)28-22)29-9-14-4-5-15(10-29)35-14/h3,6-8,14-15,33H,2,4-5,9-12,27H2,1H3/t14-,15+,26-/m0/s1. The molecule has 0 spiro atoms. The number of hydrogen-bond donors (Lipinski definition) is 2. The van der Waals surface area contributed by atoms with Gasteiger partial charge in [0.25, 0.3) is 5.56 Å². The van der Waals surface area contributed by atoms with Gasteiger partial charge in [-0.1, -0.05) is 6.92 Å². The average molecular weight is 475 g/mol. The topological polar surface area (TPSA) is 120 Å². The lowest BCUT2D eigenvalue weighted by molar-refractivity contribution is -0.172. The van der Waals surface area contributed by atoms with Crippen LogP contribution in [0.3, 0.4) is 0 Å². The number of anilines is 2. The fraction of sp³-hybridized carbons (Fsp3) is 0.423. The number of benzene rings is 1. The summed E-state index contributed by atoms with van der Waals surface area (Å²) in [6.07, 6.45) is 2.58. The maximum absolute atomic E-state index is 13.6. The summed E-state index contributed by atoms with van der Waals surface area (Å²) in [5.41, 5.74) is 9.48. The Morgan fingerprint density at radius 1 is 1.17 bits per heavy atom. The van der Waals surface area contributed by atoms with Gasteiger partial charge in [0.15, 0.2) is 5.60 Å². The molecule has 0 unspecified atom stereocenters. The minimum atomic E-state index is -1.84. The van der Waals surface area contributed by atoms with Gasteiger partial charge in [-0.2, -0.15) is 0 Å². The van der Waals surface area contributed by atoms with E-state index in [0.717, 1.165) is 48.1 Å². The van der Waals surface area contributed by atoms with E-state index in [2.05, 4.69) is 4.90 Å². The number of fused-ring (bicyclic) bond motifs is 7. The van der Waals surface area contributed by atoms with Crippen molar-refractivity contribution >= 4 is 28.2 Å². The molecule has 3 N–H and O–H groups in total. The van der Waals surface area contributed by atoms with Crippen LogP contribution in [0.4, 0.5) is 11.4 Å². The minimum Gasteiger partial charge on any atom is -0.458 e. The fourth-order valence-corrected chi connectivity index (χ4v) is 6.23. The van der Waals surface area contributed by atoms with Gasteiger partial charge < -0.3 is 29.8 Å². The fourth-order valence-electron chi connectivity index (χ4n) is 6.23. The molecule has 3 atom stereocenters. The summed E-state index contributed by atoms with van der Waals surface area (Å²) in [5, 5.41) is 12.1. The molecule has 6 heterocycles. The van der Waals surface area contributed by atoms with Crippen molar-refractivity contribution < 1.29 is 19.4 Å². The van der Waals surface area contributed by atoms with Crippen molar-refractivity contribution in [2.45, 2.75) is 57.1 Å². The first-order valence-corrected chi connectivity index (χ1v) is 12.2. The second-order valence-corrected chi connectivity index (χ2v) is 10.0. The predicted octanol–water partition coefficient (Wildman–Crippen LogP) is 2.03. The van der Waals surface area contributed by atoms with Gasteiger partial charge in [-0.25, -0.2) is 9.78 Å². The number of ether oxygens (including phenoxy) is 2. The molecule has 9 nitrogen and oxygen atoms in total. The third-order valence-corrected chi connectivity index (χ3v) is 8.04. The molecule has 180 valence electrons. The van der Waals surface area contributed by atoms with E-state index in [0.29, 0.717) is 34.7 Å². The van der Waals surface area contributed by atoms with E-state index in [4.69, 9.17) is 20.2 Å². The predicted molar refractivity (Wildman–Crippen MR) is 129 cm³/mol. The van der Waals surface area contributed by atoms with Crippen LogP contribution in [0.25, 0.3) is 22.3 Å². The van der Waals surface area contributed by atoms with Gasteiger partial charge in [0.2, 0.25) is 0 Å². The molecule has 9 heteroatoms. The van der Waals surface area contributed by atoms with Crippen LogP contribution in [-0.4, -0.2) is 45.9 Å². The highest BCUT2D eigenvalue weighted by Gasteiger charge is 2.46. The molecule has 0 aliphatic carbocycles. The lowest BCUT2D eigenvalue weighted by atomic mass is 9.86. The lowest BCUT2D eigenvalue weighted by Gasteiger charge is -2.35. The van der Waals surface area contributed by atoms with Gasteiger partial charge in [-0.15, -0.1) is 0 Å². The van der Waals surface area contributed by atoms with Crippen molar-refractivity contribution in [2.24, 2.45) is 0 Å². The minimum absolute atomic E-state index is 0.112. The van der Waals surface area contributed by atoms with Gasteiger partial charge in [-0.3, -0.25) is 4.79 Å². The highest BCUT2D eigenvalue weighted by Crippen LogP contribution is 2.44. The third-order valence-electron chi connectivity index (χ3n) is 8.04. The monoisotopic (exact) mass is 474 g/mol. The quantitative estimate of drug-likeness (QED) is 0.335. The van der Waals surface area contributed by atoms with Crippen LogP contribution in [0, 0.1) is 0 Å². The Kier molecular flexibility index (Phi) is 4.21. The van der Waals surface area contributed by atoms with E-state index in [1.54, 1.807) is 17.6 Å². The number of esters is 1. The number of aliphatic hydroxyl groups is 1. The number of morpholine rings is 1. The Morgan fingerprint density at radius 2 is 1.94 bits per heavy atom. The van der Waals surface area contributed by atoms with Crippen LogP contribution in [0.1, 0.15) is 42.9 Å². The van der Waals surface area contributed by atoms with E-state index in [9.17, 15) is 14.7 Å². The van der Waals surface area contributed by atoms with Crippen LogP contribution >= 0.6 is 0 Å². The molecular weight excluding hydrogens is 448 g/mol. The number of carbonyl (C=O) groups excluding carboxylic acids is 1. The largest absolute Gasteiger partial charge is 0.458 e. The number of nitrogens with two attached hydrogens (primary N) is 1. The van der Waals surface area contributed by atoms with Gasteiger partial charge in [-0.05, 0) is 43.5 Å². The molecule has 2 saturated heterocycles. The molecule has 0 amide bonds. The van der Waals surface area contributed by atoms with E-state index in [1.165, 1.54) is 0 Å². The maximum atomic E-state index is 13.6. The summed E-state index contributed by atoms with van der Waals surface area (Å²) in [5.74, 6) is -0.721. The van der Waals surface area contributed by atoms with Crippen LogP contribution < -0.4 is 16.2 Å². The van der Waals surface area contributed by atoms with E-state index < -0.39 is 11.6 Å². The molecule has 3 aromatic rings. The summed E-state index contributed by atoms with van der Waals surface area (Å²) in [6.45, 7) is 3.47. The average Bonchev–Trinajstić information content (AvgIpc) is 3.39. The van der Waals surface area contributed by atoms with E-state index in [-0.39, 0.29) is 30.8 Å². The Balaban J connectivity index is 1.49. The zero-order valence-corrected chi connectivity index (χ0v) is 19.4. The molecule has 4 aliphatic rings.